The number of aldehydes is 1. The first kappa shape index (κ1) is 24.5. The highest BCUT2D eigenvalue weighted by molar-refractivity contribution is 9.09. The average molecular weight is 508 g/mol. The van der Waals surface area contributed by atoms with Crippen LogP contribution in [0.5, 0.6) is 5.75 Å². The Labute approximate surface area is 203 Å². The molecule has 1 aromatic rings. The molecule has 0 aromatic heterocycles. The summed E-state index contributed by atoms with van der Waals surface area (Å²) in [6.07, 6.45) is 18.9. The lowest BCUT2D eigenvalue weighted by Crippen LogP contribution is -2.44. The van der Waals surface area contributed by atoms with Crippen molar-refractivity contribution < 1.29 is 19.1 Å². The van der Waals surface area contributed by atoms with Crippen LogP contribution in [0.25, 0.3) is 0 Å². The fraction of sp³-hybridized carbons (Fsp3) is 0.259. The number of halogens is 1. The van der Waals surface area contributed by atoms with Gasteiger partial charge in [-0.05, 0) is 37.5 Å². The molecule has 0 spiro atoms. The predicted molar refractivity (Wildman–Crippen MR) is 133 cm³/mol. The van der Waals surface area contributed by atoms with Crippen molar-refractivity contribution in [2.45, 2.75) is 31.5 Å². The molecule has 0 radical (unpaired) electrons. The number of allylic oxidation sites excluding steroid dienone is 7. The maximum atomic E-state index is 12.2. The summed E-state index contributed by atoms with van der Waals surface area (Å²) in [4.78, 5) is 24.0. The van der Waals surface area contributed by atoms with E-state index in [0.717, 1.165) is 24.7 Å². The molecule has 2 atom stereocenters. The highest BCUT2D eigenvalue weighted by Gasteiger charge is 2.49. The minimum atomic E-state index is -1.15. The molecule has 2 unspecified atom stereocenters. The molecule has 33 heavy (non-hydrogen) atoms. The van der Waals surface area contributed by atoms with E-state index in [9.17, 15) is 9.59 Å². The van der Waals surface area contributed by atoms with Crippen LogP contribution in [-0.4, -0.2) is 30.7 Å². The van der Waals surface area contributed by atoms with Crippen molar-refractivity contribution in [3.63, 3.8) is 0 Å². The molecule has 0 fully saturated rings. The summed E-state index contributed by atoms with van der Waals surface area (Å²) in [7, 11) is 1.60. The average Bonchev–Trinajstić information content (AvgIpc) is 2.82. The molecule has 170 valence electrons. The lowest BCUT2D eigenvalue weighted by molar-refractivity contribution is -0.117. The summed E-state index contributed by atoms with van der Waals surface area (Å²) in [6, 6.07) is 7.53. The van der Waals surface area contributed by atoms with Crippen molar-refractivity contribution >= 4 is 28.1 Å². The number of rotatable bonds is 6. The Kier molecular flexibility index (Phi) is 8.26. The molecule has 1 N–H and O–H groups in total. The summed E-state index contributed by atoms with van der Waals surface area (Å²) in [5, 5.41) is 2.98. The number of hydrogen-bond donors (Lipinski definition) is 1. The van der Waals surface area contributed by atoms with Gasteiger partial charge in [-0.1, -0.05) is 70.4 Å². The summed E-state index contributed by atoms with van der Waals surface area (Å²) < 4.78 is 12.4. The number of ether oxygens (including phenoxy) is 2. The van der Waals surface area contributed by atoms with Gasteiger partial charge in [0.2, 0.25) is 5.91 Å². The monoisotopic (exact) mass is 507 g/mol. The molecule has 0 bridgehead atoms. The van der Waals surface area contributed by atoms with E-state index in [2.05, 4.69) is 27.2 Å². The van der Waals surface area contributed by atoms with E-state index in [1.54, 1.807) is 26.2 Å². The topological polar surface area (TPSA) is 64.6 Å². The Hall–Kier alpha value is -3.14. The van der Waals surface area contributed by atoms with Gasteiger partial charge in [0.05, 0.1) is 5.33 Å². The Morgan fingerprint density at radius 1 is 1.39 bits per heavy atom. The van der Waals surface area contributed by atoms with Crippen LogP contribution in [0.2, 0.25) is 0 Å². The van der Waals surface area contributed by atoms with Crippen molar-refractivity contribution in [2.24, 2.45) is 0 Å². The zero-order chi connectivity index (χ0) is 23.8. The molecule has 6 heteroatoms. The van der Waals surface area contributed by atoms with Gasteiger partial charge in [-0.15, -0.1) is 6.42 Å². The number of carbonyl (C=O) groups is 2. The van der Waals surface area contributed by atoms with Crippen molar-refractivity contribution in [3.8, 4) is 18.1 Å². The van der Waals surface area contributed by atoms with Crippen LogP contribution in [0.1, 0.15) is 25.3 Å². The van der Waals surface area contributed by atoms with Gasteiger partial charge < -0.3 is 14.8 Å². The zero-order valence-electron chi connectivity index (χ0n) is 18.6. The van der Waals surface area contributed by atoms with Crippen LogP contribution >= 0.6 is 15.9 Å². The van der Waals surface area contributed by atoms with E-state index in [-0.39, 0.29) is 11.2 Å². The van der Waals surface area contributed by atoms with Crippen LogP contribution in [0.15, 0.2) is 83.1 Å². The first-order valence-electron chi connectivity index (χ1n) is 10.6. The Bertz CT molecular complexity index is 1120. The van der Waals surface area contributed by atoms with Crippen molar-refractivity contribution in [3.05, 3.63) is 88.7 Å². The number of hydrogen-bond acceptors (Lipinski definition) is 4. The van der Waals surface area contributed by atoms with E-state index in [1.165, 1.54) is 0 Å². The van der Waals surface area contributed by atoms with Gasteiger partial charge in [0.15, 0.2) is 6.10 Å². The predicted octanol–water partition coefficient (Wildman–Crippen LogP) is 4.67. The largest absolute Gasteiger partial charge is 0.473 e. The second-order valence-corrected chi connectivity index (χ2v) is 8.12. The van der Waals surface area contributed by atoms with Crippen LogP contribution < -0.4 is 10.1 Å². The molecule has 1 amide bonds. The summed E-state index contributed by atoms with van der Waals surface area (Å²) >= 11 is 3.15. The number of alkyl halides is 1. The van der Waals surface area contributed by atoms with Crippen LogP contribution in [0, 0.1) is 12.3 Å². The molecule has 1 aliphatic carbocycles. The summed E-state index contributed by atoms with van der Waals surface area (Å²) in [5.74, 6) is 3.14. The first-order chi connectivity index (χ1) is 16.0. The maximum Gasteiger partial charge on any atom is 0.234 e. The number of fused-ring (bicyclic) bond motifs is 1. The summed E-state index contributed by atoms with van der Waals surface area (Å²) in [6.45, 7) is 1.78. The van der Waals surface area contributed by atoms with Gasteiger partial charge in [0, 0.05) is 29.5 Å². The van der Waals surface area contributed by atoms with Crippen molar-refractivity contribution in [1.82, 2.24) is 5.32 Å². The minimum absolute atomic E-state index is 0.167. The number of nitrogens with one attached hydrogen (secondary N) is 1. The normalized spacial score (nSPS) is 26.3. The van der Waals surface area contributed by atoms with E-state index < -0.39 is 11.7 Å². The molecular weight excluding hydrogens is 482 g/mol. The van der Waals surface area contributed by atoms with Crippen LogP contribution in [0.3, 0.4) is 0 Å². The number of benzene rings is 1. The SMILES string of the molecule is C#CC1Oc2ccccc2C(OC)(C2=CCC/C=C\C=C/2C=O)/C1=C/C=C(\C)NC(=O)CBr. The van der Waals surface area contributed by atoms with Crippen LogP contribution in [0.4, 0.5) is 0 Å². The third-order valence-corrected chi connectivity index (χ3v) is 6.05. The number of para-hydroxylation sites is 1. The molecule has 1 aliphatic heterocycles. The molecule has 0 saturated carbocycles. The van der Waals surface area contributed by atoms with Gasteiger partial charge in [-0.2, -0.15) is 0 Å². The van der Waals surface area contributed by atoms with Crippen molar-refractivity contribution in [1.29, 1.82) is 0 Å². The fourth-order valence-corrected chi connectivity index (χ4v) is 4.26. The molecule has 2 aliphatic rings. The Morgan fingerprint density at radius 2 is 2.18 bits per heavy atom. The fourth-order valence-electron chi connectivity index (χ4n) is 4.12. The van der Waals surface area contributed by atoms with E-state index in [4.69, 9.17) is 15.9 Å². The molecule has 1 heterocycles. The number of methoxy groups -OCH3 is 1. The third kappa shape index (κ3) is 4.95. The van der Waals surface area contributed by atoms with Crippen molar-refractivity contribution in [2.75, 3.05) is 12.4 Å². The van der Waals surface area contributed by atoms with E-state index >= 15 is 0 Å². The van der Waals surface area contributed by atoms with Gasteiger partial charge in [0.25, 0.3) is 0 Å². The summed E-state index contributed by atoms with van der Waals surface area (Å²) in [5.41, 5.74) is 2.08. The number of terminal acetylenes is 1. The lowest BCUT2D eigenvalue weighted by Gasteiger charge is -2.44. The highest BCUT2D eigenvalue weighted by atomic mass is 79.9. The Balaban J connectivity index is 2.31. The van der Waals surface area contributed by atoms with E-state index in [0.29, 0.717) is 28.2 Å². The smallest absolute Gasteiger partial charge is 0.234 e. The molecular formula is C27H26BrNO4. The highest BCUT2D eigenvalue weighted by Crippen LogP contribution is 2.51. The van der Waals surface area contributed by atoms with E-state index in [1.807, 2.05) is 48.6 Å². The van der Waals surface area contributed by atoms with Gasteiger partial charge >= 0.3 is 0 Å². The molecule has 3 rings (SSSR count). The van der Waals surface area contributed by atoms with Crippen LogP contribution in [-0.2, 0) is 19.9 Å². The Morgan fingerprint density at radius 3 is 2.88 bits per heavy atom. The van der Waals surface area contributed by atoms with Gasteiger partial charge in [0.1, 0.15) is 17.6 Å². The van der Waals surface area contributed by atoms with Gasteiger partial charge in [-0.3, -0.25) is 9.59 Å². The zero-order valence-corrected chi connectivity index (χ0v) is 20.2. The minimum Gasteiger partial charge on any atom is -0.473 e. The third-order valence-electron chi connectivity index (χ3n) is 5.54. The maximum absolute atomic E-state index is 12.2. The second-order valence-electron chi connectivity index (χ2n) is 7.56. The molecule has 5 nitrogen and oxygen atoms in total. The number of carbonyl (C=O) groups excluding carboxylic acids is 2. The number of amides is 1. The second kappa shape index (κ2) is 11.1. The molecule has 1 aromatic carbocycles. The standard InChI is InChI=1S/C27H26BrNO4/c1-4-24-23(16-15-19(2)29-26(31)17-28)27(32-3,22-13-9-10-14-25(22)33-24)21-12-8-6-5-7-11-20(21)18-30/h1,5,7,9-16,18,24H,6,8,17H2,2-3H3,(H,29,31)/b7-5-,19-15+,20-11-,21-12?,23-16+. The lowest BCUT2D eigenvalue weighted by atomic mass is 9.72. The molecule has 0 saturated heterocycles. The first-order valence-corrected chi connectivity index (χ1v) is 11.7. The van der Waals surface area contributed by atoms with Gasteiger partial charge in [-0.25, -0.2) is 0 Å². The quantitative estimate of drug-likeness (QED) is 0.345.